The maximum Gasteiger partial charge on any atom is 0.302 e. The van der Waals surface area contributed by atoms with Crippen LogP contribution >= 0.6 is 34.9 Å². The lowest BCUT2D eigenvalue weighted by molar-refractivity contribution is -0.725. The third-order valence-electron chi connectivity index (χ3n) is 5.29. The summed E-state index contributed by atoms with van der Waals surface area (Å²) in [6.07, 6.45) is 1.77. The van der Waals surface area contributed by atoms with Gasteiger partial charge < -0.3 is 37.3 Å². The van der Waals surface area contributed by atoms with Crippen LogP contribution in [0.15, 0.2) is 45.7 Å². The molecule has 2 aromatic heterocycles. The molecule has 1 saturated heterocycles. The Balaban J connectivity index is 1.53. The van der Waals surface area contributed by atoms with Crippen molar-refractivity contribution in [3.63, 3.8) is 0 Å². The molecule has 38 heavy (non-hydrogen) atoms. The average Bonchev–Trinajstić information content (AvgIpc) is 3.29. The number of oxime groups is 1. The van der Waals surface area contributed by atoms with E-state index in [1.807, 2.05) is 0 Å². The van der Waals surface area contributed by atoms with Crippen molar-refractivity contribution in [3.05, 3.63) is 41.1 Å². The van der Waals surface area contributed by atoms with E-state index in [1.54, 1.807) is 5.38 Å². The number of thioether (sulfide) groups is 2. The van der Waals surface area contributed by atoms with Crippen LogP contribution in [0, 0.1) is 0 Å². The number of carbonyl (C=O) groups excluding carboxylic acids is 3. The number of nitrogen functional groups attached to an aromatic ring is 3. The Labute approximate surface area is 229 Å². The fourth-order valence-corrected chi connectivity index (χ4v) is 6.51. The summed E-state index contributed by atoms with van der Waals surface area (Å²) in [5.74, 6) is -1.36. The lowest BCUT2D eigenvalue weighted by atomic mass is 10.1. The summed E-state index contributed by atoms with van der Waals surface area (Å²) in [6.45, 7) is 3.48. The van der Waals surface area contributed by atoms with E-state index >= 15 is 0 Å². The lowest BCUT2D eigenvalue weighted by Crippen LogP contribution is -2.56. The van der Waals surface area contributed by atoms with Crippen LogP contribution in [0.5, 0.6) is 0 Å². The third-order valence-corrected chi connectivity index (χ3v) is 8.30. The van der Waals surface area contributed by atoms with Gasteiger partial charge in [0.15, 0.2) is 10.8 Å². The van der Waals surface area contributed by atoms with Gasteiger partial charge in [-0.15, -0.1) is 23.1 Å². The molecule has 0 radical (unpaired) electrons. The number of nitrogens with zero attached hydrogens (tertiary/aromatic N) is 5. The smallest absolute Gasteiger partial charge is 0.302 e. The minimum Gasteiger partial charge on any atom is -0.543 e. The fraction of sp³-hybridized carbons (Fsp3) is 0.286. The quantitative estimate of drug-likeness (QED) is 0.0356. The van der Waals surface area contributed by atoms with E-state index in [-0.39, 0.29) is 64.2 Å². The summed E-state index contributed by atoms with van der Waals surface area (Å²) >= 11 is 3.77. The highest BCUT2D eigenvalue weighted by Crippen LogP contribution is 2.40. The molecule has 2 aliphatic rings. The molecule has 4 rings (SSSR count). The topological polar surface area (TPSA) is 219 Å². The van der Waals surface area contributed by atoms with E-state index in [1.165, 1.54) is 33.4 Å². The zero-order chi connectivity index (χ0) is 27.4. The number of hydrogen-bond donors (Lipinski definition) is 4. The molecule has 1 fully saturated rings. The molecule has 0 aromatic carbocycles. The summed E-state index contributed by atoms with van der Waals surface area (Å²) in [7, 11) is 0. The predicted octanol–water partition coefficient (Wildman–Crippen LogP) is -1.35. The van der Waals surface area contributed by atoms with E-state index in [0.29, 0.717) is 22.9 Å². The number of aliphatic carboxylic acids is 1. The van der Waals surface area contributed by atoms with E-state index < -0.39 is 11.9 Å². The lowest BCUT2D eigenvalue weighted by Gasteiger charge is -2.45. The van der Waals surface area contributed by atoms with Crippen molar-refractivity contribution in [2.24, 2.45) is 5.16 Å². The summed E-state index contributed by atoms with van der Waals surface area (Å²) in [4.78, 5) is 51.5. The number of carboxylic acid groups (broad SMARTS) is 1. The normalized spacial score (nSPS) is 17.1. The minimum absolute atomic E-state index is 0.0759. The first-order valence-corrected chi connectivity index (χ1v) is 13.9. The molecule has 0 bridgehead atoms. The van der Waals surface area contributed by atoms with Crippen molar-refractivity contribution in [1.29, 1.82) is 0 Å². The summed E-state index contributed by atoms with van der Waals surface area (Å²) in [5, 5.41) is 20.3. The molecule has 0 saturated carbocycles. The molecule has 2 aromatic rings. The molecule has 2 aliphatic heterocycles. The molecule has 0 spiro atoms. The van der Waals surface area contributed by atoms with E-state index in [9.17, 15) is 19.5 Å². The zero-order valence-corrected chi connectivity index (χ0v) is 22.2. The number of carboxylic acids is 1. The summed E-state index contributed by atoms with van der Waals surface area (Å²) in [6, 6.07) is 1.42. The van der Waals surface area contributed by atoms with Crippen LogP contribution in [0.3, 0.4) is 0 Å². The van der Waals surface area contributed by atoms with Crippen LogP contribution in [0.25, 0.3) is 0 Å². The van der Waals surface area contributed by atoms with Crippen LogP contribution in [0.1, 0.15) is 12.1 Å². The van der Waals surface area contributed by atoms with Crippen molar-refractivity contribution >= 4 is 75.1 Å². The number of β-lactam (4-membered cyclic amide) rings is 1. The van der Waals surface area contributed by atoms with Crippen molar-refractivity contribution in [2.75, 3.05) is 35.3 Å². The van der Waals surface area contributed by atoms with Crippen molar-refractivity contribution < 1.29 is 28.9 Å². The monoisotopic (exact) mass is 577 g/mol. The Hall–Kier alpha value is -3.83. The second-order valence-electron chi connectivity index (χ2n) is 7.84. The molecular formula is C21H23N9O5S3. The van der Waals surface area contributed by atoms with Crippen LogP contribution in [-0.4, -0.2) is 61.8 Å². The summed E-state index contributed by atoms with van der Waals surface area (Å²) in [5.41, 5.74) is 18.3. The number of anilines is 3. The van der Waals surface area contributed by atoms with E-state index in [0.717, 1.165) is 23.1 Å². The van der Waals surface area contributed by atoms with Gasteiger partial charge >= 0.3 is 5.16 Å². The minimum atomic E-state index is -1.41. The number of fused-ring (bicyclic) bond motifs is 1. The second-order valence-corrected chi connectivity index (χ2v) is 10.8. The van der Waals surface area contributed by atoms with Gasteiger partial charge in [-0.2, -0.15) is 0 Å². The van der Waals surface area contributed by atoms with Gasteiger partial charge in [0.05, 0.1) is 29.5 Å². The van der Waals surface area contributed by atoms with Crippen LogP contribution < -0.4 is 32.2 Å². The van der Waals surface area contributed by atoms with Crippen LogP contribution in [-0.2, 0) is 25.9 Å². The third kappa shape index (κ3) is 5.84. The van der Waals surface area contributed by atoms with E-state index in [2.05, 4.69) is 27.0 Å². The second kappa shape index (κ2) is 11.7. The van der Waals surface area contributed by atoms with Gasteiger partial charge in [0.2, 0.25) is 17.5 Å². The number of nitrogens with two attached hydrogens (primary N) is 3. The molecule has 1 atom stereocenters. The average molecular weight is 578 g/mol. The first kappa shape index (κ1) is 27.2. The molecular weight excluding hydrogens is 554 g/mol. The fourth-order valence-electron chi connectivity index (χ4n) is 3.53. The van der Waals surface area contributed by atoms with Gasteiger partial charge in [-0.05, 0) is 17.3 Å². The first-order valence-electron chi connectivity index (χ1n) is 11.0. The Morgan fingerprint density at radius 1 is 1.39 bits per heavy atom. The van der Waals surface area contributed by atoms with Crippen molar-refractivity contribution in [3.8, 4) is 0 Å². The zero-order valence-electron chi connectivity index (χ0n) is 19.8. The van der Waals surface area contributed by atoms with Crippen molar-refractivity contribution in [1.82, 2.24) is 20.2 Å². The number of hydrogen-bond acceptors (Lipinski definition) is 14. The first-order chi connectivity index (χ1) is 18.2. The number of rotatable bonds is 11. The Morgan fingerprint density at radius 3 is 2.84 bits per heavy atom. The summed E-state index contributed by atoms with van der Waals surface area (Å²) < 4.78 is 1.49. The van der Waals surface area contributed by atoms with Gasteiger partial charge in [0, 0.05) is 16.9 Å². The van der Waals surface area contributed by atoms with Gasteiger partial charge in [0.1, 0.15) is 19.0 Å². The van der Waals surface area contributed by atoms with Crippen LogP contribution in [0.4, 0.5) is 16.8 Å². The number of nitrogens with one attached hydrogen (secondary N) is 1. The maximum absolute atomic E-state index is 13.0. The van der Waals surface area contributed by atoms with Crippen LogP contribution in [0.2, 0.25) is 0 Å². The SMILES string of the molecule is C=CCO/N=C(\C(=O)NC[n+]1c(N)cc(N)nc1SCC1=C(C(=O)[O-])N2C(=O)CC2SC1)c1csc(N)n1. The van der Waals surface area contributed by atoms with Gasteiger partial charge in [-0.1, -0.05) is 22.8 Å². The largest absolute Gasteiger partial charge is 0.543 e. The predicted molar refractivity (Wildman–Crippen MR) is 141 cm³/mol. The molecule has 4 heterocycles. The van der Waals surface area contributed by atoms with Gasteiger partial charge in [-0.25, -0.2) is 9.55 Å². The highest BCUT2D eigenvalue weighted by Gasteiger charge is 2.43. The maximum atomic E-state index is 13.0. The van der Waals surface area contributed by atoms with Gasteiger partial charge in [0.25, 0.3) is 5.91 Å². The molecule has 17 heteroatoms. The molecule has 2 amide bonds. The molecule has 0 aliphatic carbocycles. The molecule has 7 N–H and O–H groups in total. The van der Waals surface area contributed by atoms with Gasteiger partial charge in [-0.3, -0.25) is 14.5 Å². The Bertz CT molecular complexity index is 1360. The highest BCUT2D eigenvalue weighted by atomic mass is 32.2. The number of amides is 2. The van der Waals surface area contributed by atoms with E-state index in [4.69, 9.17) is 22.0 Å². The standard InChI is InChI=1S/C21H23N9O5S3/c1-2-3-35-28-16(11-8-37-20(24)26-11)18(32)25-9-29-13(23)4-12(22)27-21(29)38-7-10-6-36-15-5-14(31)30(15)17(10)19(33)34/h2,4,8,15H,1,3,5-7,9H2,(H7,22,23,24,25,26,32,33,34)/b28-16-. The Morgan fingerprint density at radius 2 is 2.18 bits per heavy atom. The molecule has 14 nitrogen and oxygen atoms in total. The number of aromatic nitrogens is 3. The molecule has 1 unspecified atom stereocenters. The number of carbonyl (C=O) groups is 3. The number of thiazole rings is 1. The molecule has 200 valence electrons. The highest BCUT2D eigenvalue weighted by molar-refractivity contribution is 8.00. The Kier molecular flexibility index (Phi) is 8.38. The van der Waals surface area contributed by atoms with Crippen molar-refractivity contribution in [2.45, 2.75) is 23.6 Å².